The number of carboxylic acid groups (broad SMARTS) is 2. The van der Waals surface area contributed by atoms with E-state index >= 15 is 0 Å². The number of ether oxygens (including phenoxy) is 11. The van der Waals surface area contributed by atoms with Gasteiger partial charge < -0.3 is 123 Å². The molecule has 0 bridgehead atoms. The Kier molecular flexibility index (Phi) is 49.4. The zero-order chi connectivity index (χ0) is 105. The zero-order valence-electron chi connectivity index (χ0n) is 81.7. The van der Waals surface area contributed by atoms with E-state index in [4.69, 9.17) is 110 Å². The Labute approximate surface area is 870 Å². The molecule has 6 heterocycles. The number of furan rings is 2. The van der Waals surface area contributed by atoms with Crippen LogP contribution in [0.5, 0.6) is 74.7 Å². The van der Waals surface area contributed by atoms with Crippen LogP contribution in [0.25, 0.3) is 32.9 Å². The molecule has 0 amide bonds. The maximum Gasteiger partial charge on any atom is 0.336 e. The van der Waals surface area contributed by atoms with E-state index in [-0.39, 0.29) is 148 Å². The van der Waals surface area contributed by atoms with E-state index in [0.29, 0.717) is 127 Å². The van der Waals surface area contributed by atoms with Crippen molar-refractivity contribution in [2.24, 2.45) is 10.3 Å². The monoisotopic (exact) mass is 2150 g/mol. The maximum atomic E-state index is 11.6. The summed E-state index contributed by atoms with van der Waals surface area (Å²) in [5.74, 6) is 2.29. The van der Waals surface area contributed by atoms with Gasteiger partial charge >= 0.3 is 41.4 Å². The van der Waals surface area contributed by atoms with Crippen LogP contribution in [0, 0.1) is 7.43 Å². The van der Waals surface area contributed by atoms with Crippen molar-refractivity contribution in [2.45, 2.75) is 96.1 Å². The SMILES string of the molecule is CC.CCOC(=O)CC(=O)CCl.CO/N=C(\COc1ccc(COc2ccc3c(c2)OCC3CC(=O)O)cc1)c1ccccc1.CO/N=C(\COc1ccc(COc2ccc3c(c2)OCC3CC(=O)OC)cc1)c1ccccc1.COC(=O)CC1COc2cc(O)ccc21.COC(=O)Cc1coc2cc(O)ccc12.O=C(O)Cc1coc2cc(O)ccc12.O=c1cc(CCl)c2ccc(O)cc2o1.Oc1cccc(O)c1.[CH3-].[Pd]. The number of carbonyl (C=O) groups excluding carboxylic acids is 5. The summed E-state index contributed by atoms with van der Waals surface area (Å²) in [6.45, 7) is 8.67. The van der Waals surface area contributed by atoms with Gasteiger partial charge in [0.05, 0.1) is 98.3 Å². The molecule has 0 fully saturated rings. The topological polar surface area (TPSA) is 483 Å². The van der Waals surface area contributed by atoms with E-state index < -0.39 is 23.5 Å². The Morgan fingerprint density at radius 2 is 0.789 bits per heavy atom. The molecular formula is C110H113Cl2N2O32Pd-. The fourth-order valence-electron chi connectivity index (χ4n) is 14.1. The molecule has 0 saturated carbocycles. The summed E-state index contributed by atoms with van der Waals surface area (Å²) in [6, 6.07) is 72.3. The number of hydrogen-bond donors (Lipinski definition) is 8. The van der Waals surface area contributed by atoms with E-state index in [1.54, 1.807) is 55.5 Å². The van der Waals surface area contributed by atoms with Crippen LogP contribution in [-0.2, 0) is 115 Å². The number of alkyl halides is 2. The smallest absolute Gasteiger partial charge is 0.336 e. The van der Waals surface area contributed by atoms with Gasteiger partial charge in [-0.15, -0.1) is 23.2 Å². The number of carboxylic acids is 2. The van der Waals surface area contributed by atoms with Crippen molar-refractivity contribution in [3.63, 3.8) is 0 Å². The van der Waals surface area contributed by atoms with Crippen molar-refractivity contribution < 1.29 is 170 Å². The Hall–Kier alpha value is -16.2. The van der Waals surface area contributed by atoms with Crippen LogP contribution in [0.2, 0.25) is 0 Å². The van der Waals surface area contributed by atoms with Gasteiger partial charge in [-0.3, -0.25) is 33.6 Å². The van der Waals surface area contributed by atoms with Crippen molar-refractivity contribution in [1.29, 1.82) is 0 Å². The third kappa shape index (κ3) is 38.1. The number of halogens is 2. The molecule has 17 rings (SSSR count). The standard InChI is InChI=1S/C27H27NO6.C26H25NO6.C11H12O4.C11H10O4.C10H7ClO3.C10H8O4.C6H9ClO3.C6H6O2.C2H6.CH3.Pd/c1-30-27(29)14-21-17-34-26-15-23(12-13-24(21)26)32-16-19-8-10-22(11-9-19)33-18-25(28-31-2)20-6-4-3-5-7-20;1-30-27-24(19-5-3-2-4-6-19)17-32-21-9-7-18(8-10-21)15-31-22-11-12-23-20(13-26(28)29)16-33-25(23)14-22;2*1-14-11(13)4-7-6-15-10-5-8(12)2-3-9(7)10;11-5-6-3-10(13)14-9-4-7(12)1-2-8(6)9;11-7-1-2-8-6(3-10(12)13)5-14-9(8)4-7;1-2-10-6(9)3-5(8)4-7;7-5-2-1-3-6(8)4-5;1-2;;/h3-13,15,21H,14,16-18H2,1-2H3;2-12,14,20H,13,15-17H2,1H3,(H,28,29);2-3,5,7,12H,4,6H2,1H3;2-3,5-6,12H,4H2,1H3;1-4,12H,5H2;1-2,4-5,11H,3H2,(H,12,13);2-4H2,1H3;1-4,7-8H;1-2H3;1H3;/q;;;;;;;;;-1;/b28-25+;27-24+;;;;;;;;;. The summed E-state index contributed by atoms with van der Waals surface area (Å²) in [6.07, 6.45) is 3.48. The summed E-state index contributed by atoms with van der Waals surface area (Å²) in [4.78, 5) is 97.2. The molecule has 0 saturated heterocycles. The summed E-state index contributed by atoms with van der Waals surface area (Å²) < 4.78 is 74.0. The number of esters is 4. The van der Waals surface area contributed by atoms with Crippen LogP contribution >= 0.6 is 23.2 Å². The molecule has 14 aromatic rings. The number of benzene rings is 11. The molecule has 8 N–H and O–H groups in total. The first-order valence-electron chi connectivity index (χ1n) is 45.1. The van der Waals surface area contributed by atoms with E-state index in [2.05, 4.69) is 24.5 Å². The predicted molar refractivity (Wildman–Crippen MR) is 545 cm³/mol. The van der Waals surface area contributed by atoms with Crippen molar-refractivity contribution in [3.05, 3.63) is 335 Å². The average molecular weight is 2150 g/mol. The van der Waals surface area contributed by atoms with Crippen molar-refractivity contribution in [3.8, 4) is 74.7 Å². The van der Waals surface area contributed by atoms with Gasteiger partial charge in [0.1, 0.15) is 150 Å². The fourth-order valence-corrected chi connectivity index (χ4v) is 14.4. The Bertz CT molecular complexity index is 6700. The molecule has 3 aliphatic heterocycles. The number of methoxy groups -OCH3 is 3. The van der Waals surface area contributed by atoms with Gasteiger partial charge in [-0.05, 0) is 115 Å². The van der Waals surface area contributed by atoms with Crippen LogP contribution in [0.1, 0.15) is 120 Å². The fraction of sp³-hybridized carbons (Fsp3) is 0.245. The Morgan fingerprint density at radius 3 is 1.18 bits per heavy atom. The molecule has 3 aromatic heterocycles. The molecule has 0 aliphatic carbocycles. The quantitative estimate of drug-likeness (QED) is 0.00230. The van der Waals surface area contributed by atoms with Crippen LogP contribution in [0.3, 0.4) is 0 Å². The first-order chi connectivity index (χ1) is 70.0. The van der Waals surface area contributed by atoms with Gasteiger partial charge in [-0.2, -0.15) is 0 Å². The average Bonchev–Trinajstić information content (AvgIpc) is 1.73. The zero-order valence-corrected chi connectivity index (χ0v) is 84.8. The number of aromatic hydroxyl groups is 6. The van der Waals surface area contributed by atoms with Gasteiger partial charge in [0.15, 0.2) is 5.78 Å². The summed E-state index contributed by atoms with van der Waals surface area (Å²) in [5, 5.41) is 82.2. The molecular weight excluding hydrogens is 2040 g/mol. The van der Waals surface area contributed by atoms with Gasteiger partial charge in [0.25, 0.3) is 0 Å². The number of phenolic OH excluding ortho intramolecular Hbond substituents is 6. The molecule has 11 aromatic carbocycles. The van der Waals surface area contributed by atoms with Gasteiger partial charge in [-0.1, -0.05) is 133 Å². The van der Waals surface area contributed by atoms with Gasteiger partial charge in [0, 0.05) is 148 Å². The number of ketones is 1. The van der Waals surface area contributed by atoms with E-state index in [1.165, 1.54) is 103 Å². The molecule has 3 aliphatic rings. The van der Waals surface area contributed by atoms with Gasteiger partial charge in [-0.25, -0.2) is 4.79 Å². The number of aliphatic carboxylic acids is 2. The molecule has 0 spiro atoms. The number of hydrogen-bond acceptors (Lipinski definition) is 32. The summed E-state index contributed by atoms with van der Waals surface area (Å²) >= 11 is 10.8. The van der Waals surface area contributed by atoms with Crippen LogP contribution in [-0.4, -0.2) is 175 Å². The Morgan fingerprint density at radius 1 is 0.401 bits per heavy atom. The normalized spacial score (nSPS) is 12.8. The minimum absolute atomic E-state index is 0. The number of fused-ring (bicyclic) bond motifs is 6. The third-order valence-electron chi connectivity index (χ3n) is 21.1. The van der Waals surface area contributed by atoms with Crippen molar-refractivity contribution >= 4 is 109 Å². The van der Waals surface area contributed by atoms with Crippen molar-refractivity contribution in [2.75, 3.05) is 81.1 Å². The van der Waals surface area contributed by atoms with Crippen LogP contribution < -0.4 is 38.8 Å². The molecule has 0 radical (unpaired) electrons. The summed E-state index contributed by atoms with van der Waals surface area (Å²) in [5.41, 5.74) is 11.2. The summed E-state index contributed by atoms with van der Waals surface area (Å²) in [7, 11) is 7.14. The molecule has 147 heavy (non-hydrogen) atoms. The predicted octanol–water partition coefficient (Wildman–Crippen LogP) is 20.0. The maximum absolute atomic E-state index is 11.6. The molecule has 34 nitrogen and oxygen atoms in total. The van der Waals surface area contributed by atoms with E-state index in [1.807, 2.05) is 159 Å². The first kappa shape index (κ1) is 118. The second kappa shape index (κ2) is 61.7. The molecule has 780 valence electrons. The van der Waals surface area contributed by atoms with Crippen LogP contribution in [0.15, 0.2) is 290 Å². The first-order valence-corrected chi connectivity index (χ1v) is 46.2. The number of carbonyl (C=O) groups is 7. The number of nitrogens with zero attached hydrogens (tertiary/aromatic N) is 2. The third-order valence-corrected chi connectivity index (χ3v) is 21.7. The second-order valence-electron chi connectivity index (χ2n) is 31.2. The minimum atomic E-state index is -0.902. The van der Waals surface area contributed by atoms with Crippen LogP contribution in [0.4, 0.5) is 0 Å². The van der Waals surface area contributed by atoms with Gasteiger partial charge in [0.2, 0.25) is 0 Å². The number of Topliss-reactive ketones (excluding diaryl/α,β-unsaturated/α-hetero) is 1. The van der Waals surface area contributed by atoms with E-state index in [0.717, 1.165) is 72.2 Å². The van der Waals surface area contributed by atoms with E-state index in [9.17, 15) is 53.7 Å². The second-order valence-corrected chi connectivity index (χ2v) is 31.7. The number of oxime groups is 2. The Balaban J connectivity index is 0.000000237. The minimum Gasteiger partial charge on any atom is -0.508 e. The molecule has 3 unspecified atom stereocenters. The number of rotatable bonds is 31. The number of phenols is 6. The van der Waals surface area contributed by atoms with Crippen molar-refractivity contribution in [1.82, 2.24) is 0 Å². The molecule has 37 heteroatoms. The largest absolute Gasteiger partial charge is 0.508 e. The molecule has 3 atom stereocenters.